The third-order valence-corrected chi connectivity index (χ3v) is 5.64. The van der Waals surface area contributed by atoms with Crippen molar-refractivity contribution in [2.45, 2.75) is 6.04 Å². The molecule has 24 heavy (non-hydrogen) atoms. The molecule has 0 spiro atoms. The molecule has 1 aromatic carbocycles. The zero-order chi connectivity index (χ0) is 16.9. The smallest absolute Gasteiger partial charge is 0.251 e. The summed E-state index contributed by atoms with van der Waals surface area (Å²) in [6.45, 7) is 4.79. The summed E-state index contributed by atoms with van der Waals surface area (Å²) in [6, 6.07) is 11.5. The highest BCUT2D eigenvalue weighted by Crippen LogP contribution is 2.25. The normalized spacial score (nSPS) is 17.6. The lowest BCUT2D eigenvalue weighted by atomic mass is 10.1. The van der Waals surface area contributed by atoms with Crippen LogP contribution < -0.4 is 5.32 Å². The minimum atomic E-state index is -0.0534. The molecule has 1 amide bonds. The predicted octanol–water partition coefficient (Wildman–Crippen LogP) is 3.12. The molecule has 2 aromatic rings. The predicted molar refractivity (Wildman–Crippen MR) is 99.9 cm³/mol. The third-order valence-electron chi connectivity index (χ3n) is 4.41. The summed E-state index contributed by atoms with van der Waals surface area (Å²) in [6.07, 6.45) is 0. The van der Waals surface area contributed by atoms with Crippen LogP contribution in [0.15, 0.2) is 41.8 Å². The SMILES string of the molecule is CN1CCN(C(CNC(=O)c2ccc(Cl)cc2)c2cccs2)CC1. The second-order valence-electron chi connectivity index (χ2n) is 6.09. The molecule has 0 saturated carbocycles. The lowest BCUT2D eigenvalue weighted by Gasteiger charge is -2.37. The van der Waals surface area contributed by atoms with Gasteiger partial charge in [-0.1, -0.05) is 17.7 Å². The molecule has 1 fully saturated rings. The molecule has 1 aliphatic heterocycles. The number of likely N-dealkylation sites (N-methyl/N-ethyl adjacent to an activating group) is 1. The van der Waals surface area contributed by atoms with E-state index in [4.69, 9.17) is 11.6 Å². The Hall–Kier alpha value is -1.40. The first-order valence-electron chi connectivity index (χ1n) is 8.13. The Kier molecular flexibility index (Phi) is 5.89. The molecule has 4 nitrogen and oxygen atoms in total. The third kappa shape index (κ3) is 4.36. The van der Waals surface area contributed by atoms with E-state index in [9.17, 15) is 4.79 Å². The van der Waals surface area contributed by atoms with Crippen LogP contribution >= 0.6 is 22.9 Å². The Morgan fingerprint density at radius 1 is 1.21 bits per heavy atom. The number of hydrogen-bond donors (Lipinski definition) is 1. The summed E-state index contributed by atoms with van der Waals surface area (Å²) < 4.78 is 0. The lowest BCUT2D eigenvalue weighted by molar-refractivity contribution is 0.0890. The molecular weight excluding hydrogens is 342 g/mol. The average molecular weight is 364 g/mol. The van der Waals surface area contributed by atoms with E-state index in [2.05, 4.69) is 39.7 Å². The molecule has 3 rings (SSSR count). The van der Waals surface area contributed by atoms with Crippen molar-refractivity contribution in [2.75, 3.05) is 39.8 Å². The van der Waals surface area contributed by atoms with Crippen LogP contribution in [-0.2, 0) is 0 Å². The first-order valence-corrected chi connectivity index (χ1v) is 9.39. The van der Waals surface area contributed by atoms with Crippen molar-refractivity contribution in [1.82, 2.24) is 15.1 Å². The topological polar surface area (TPSA) is 35.6 Å². The van der Waals surface area contributed by atoms with E-state index in [0.717, 1.165) is 26.2 Å². The van der Waals surface area contributed by atoms with Gasteiger partial charge in [-0.3, -0.25) is 9.69 Å². The van der Waals surface area contributed by atoms with Crippen molar-refractivity contribution in [3.8, 4) is 0 Å². The molecule has 1 N–H and O–H groups in total. The van der Waals surface area contributed by atoms with Crippen molar-refractivity contribution in [3.63, 3.8) is 0 Å². The van der Waals surface area contributed by atoms with Gasteiger partial charge in [0.05, 0.1) is 6.04 Å². The number of amides is 1. The van der Waals surface area contributed by atoms with E-state index >= 15 is 0 Å². The van der Waals surface area contributed by atoms with Crippen LogP contribution in [0.2, 0.25) is 5.02 Å². The van der Waals surface area contributed by atoms with Gasteiger partial charge < -0.3 is 10.2 Å². The van der Waals surface area contributed by atoms with Crippen LogP contribution in [0.25, 0.3) is 0 Å². The summed E-state index contributed by atoms with van der Waals surface area (Å²) in [5.74, 6) is -0.0534. The Morgan fingerprint density at radius 2 is 1.92 bits per heavy atom. The Balaban J connectivity index is 1.66. The van der Waals surface area contributed by atoms with Crippen molar-refractivity contribution in [1.29, 1.82) is 0 Å². The van der Waals surface area contributed by atoms with Gasteiger partial charge in [-0.05, 0) is 42.8 Å². The fraction of sp³-hybridized carbons (Fsp3) is 0.389. The number of halogens is 1. The lowest BCUT2D eigenvalue weighted by Crippen LogP contribution is -2.48. The number of carbonyl (C=O) groups excluding carboxylic acids is 1. The van der Waals surface area contributed by atoms with Crippen molar-refractivity contribution >= 4 is 28.8 Å². The van der Waals surface area contributed by atoms with Crippen LogP contribution in [0.3, 0.4) is 0 Å². The molecule has 1 unspecified atom stereocenters. The fourth-order valence-electron chi connectivity index (χ4n) is 2.92. The Labute approximate surface area is 152 Å². The summed E-state index contributed by atoms with van der Waals surface area (Å²) in [7, 11) is 2.15. The summed E-state index contributed by atoms with van der Waals surface area (Å²) in [4.78, 5) is 18.5. The van der Waals surface area contributed by atoms with Crippen LogP contribution in [0.1, 0.15) is 21.3 Å². The van der Waals surface area contributed by atoms with Gasteiger partial charge in [-0.25, -0.2) is 0 Å². The van der Waals surface area contributed by atoms with Gasteiger partial charge >= 0.3 is 0 Å². The first kappa shape index (κ1) is 17.4. The monoisotopic (exact) mass is 363 g/mol. The number of thiophene rings is 1. The van der Waals surface area contributed by atoms with E-state index in [1.807, 2.05) is 0 Å². The van der Waals surface area contributed by atoms with Gasteiger partial charge in [0, 0.05) is 48.2 Å². The first-order chi connectivity index (χ1) is 11.6. The maximum Gasteiger partial charge on any atom is 0.251 e. The second-order valence-corrected chi connectivity index (χ2v) is 7.50. The molecule has 0 aliphatic carbocycles. The van der Waals surface area contributed by atoms with Gasteiger partial charge in [0.1, 0.15) is 0 Å². The molecule has 0 radical (unpaired) electrons. The molecule has 1 aliphatic rings. The Morgan fingerprint density at radius 3 is 2.54 bits per heavy atom. The number of nitrogens with zero attached hydrogens (tertiary/aromatic N) is 2. The number of rotatable bonds is 5. The number of piperazine rings is 1. The maximum absolute atomic E-state index is 12.4. The number of nitrogens with one attached hydrogen (secondary N) is 1. The van der Waals surface area contributed by atoms with Gasteiger partial charge in [0.25, 0.3) is 5.91 Å². The molecule has 2 heterocycles. The van der Waals surface area contributed by atoms with E-state index in [0.29, 0.717) is 17.1 Å². The van der Waals surface area contributed by atoms with Gasteiger partial charge in [0.15, 0.2) is 0 Å². The van der Waals surface area contributed by atoms with Crippen LogP contribution in [0.5, 0.6) is 0 Å². The van der Waals surface area contributed by atoms with Crippen molar-refractivity contribution < 1.29 is 4.79 Å². The number of hydrogen-bond acceptors (Lipinski definition) is 4. The number of benzene rings is 1. The molecule has 128 valence electrons. The van der Waals surface area contributed by atoms with Gasteiger partial charge in [-0.15, -0.1) is 11.3 Å². The van der Waals surface area contributed by atoms with Crippen LogP contribution in [0, 0.1) is 0 Å². The summed E-state index contributed by atoms with van der Waals surface area (Å²) in [5.41, 5.74) is 0.641. The fourth-order valence-corrected chi connectivity index (χ4v) is 3.90. The quantitative estimate of drug-likeness (QED) is 0.886. The largest absolute Gasteiger partial charge is 0.350 e. The maximum atomic E-state index is 12.4. The van der Waals surface area contributed by atoms with E-state index < -0.39 is 0 Å². The molecule has 0 bridgehead atoms. The van der Waals surface area contributed by atoms with Crippen molar-refractivity contribution in [2.24, 2.45) is 0 Å². The zero-order valence-corrected chi connectivity index (χ0v) is 15.3. The van der Waals surface area contributed by atoms with E-state index in [1.165, 1.54) is 4.88 Å². The summed E-state index contributed by atoms with van der Waals surface area (Å²) in [5, 5.41) is 5.82. The molecule has 6 heteroatoms. The highest BCUT2D eigenvalue weighted by Gasteiger charge is 2.25. The van der Waals surface area contributed by atoms with Gasteiger partial charge in [0.2, 0.25) is 0 Å². The highest BCUT2D eigenvalue weighted by atomic mass is 35.5. The molecule has 1 saturated heterocycles. The van der Waals surface area contributed by atoms with E-state index in [1.54, 1.807) is 35.6 Å². The minimum Gasteiger partial charge on any atom is -0.350 e. The summed E-state index contributed by atoms with van der Waals surface area (Å²) >= 11 is 7.63. The minimum absolute atomic E-state index is 0.0534. The van der Waals surface area contributed by atoms with Crippen LogP contribution in [-0.4, -0.2) is 55.5 Å². The van der Waals surface area contributed by atoms with Crippen LogP contribution in [0.4, 0.5) is 0 Å². The van der Waals surface area contributed by atoms with Crippen molar-refractivity contribution in [3.05, 3.63) is 57.2 Å². The zero-order valence-electron chi connectivity index (χ0n) is 13.7. The number of carbonyl (C=O) groups is 1. The highest BCUT2D eigenvalue weighted by molar-refractivity contribution is 7.10. The van der Waals surface area contributed by atoms with Gasteiger partial charge in [-0.2, -0.15) is 0 Å². The molecule has 1 aromatic heterocycles. The molecule has 1 atom stereocenters. The van der Waals surface area contributed by atoms with E-state index in [-0.39, 0.29) is 11.9 Å². The average Bonchev–Trinajstić information content (AvgIpc) is 3.11. The standard InChI is InChI=1S/C18H22ClN3OS/c1-21-8-10-22(11-9-21)16(17-3-2-12-24-17)13-20-18(23)14-4-6-15(19)7-5-14/h2-7,12,16H,8-11,13H2,1H3,(H,20,23). The molecular formula is C18H22ClN3OS. The Bertz CT molecular complexity index is 651. The second kappa shape index (κ2) is 8.12.